The molecule has 0 radical (unpaired) electrons. The third-order valence-corrected chi connectivity index (χ3v) is 4.47. The van der Waals surface area contributed by atoms with E-state index in [1.54, 1.807) is 6.07 Å². The lowest BCUT2D eigenvalue weighted by Gasteiger charge is -2.30. The molecule has 1 aromatic carbocycles. The van der Waals surface area contributed by atoms with E-state index in [9.17, 15) is 4.39 Å². The van der Waals surface area contributed by atoms with Gasteiger partial charge in [-0.05, 0) is 55.9 Å². The third kappa shape index (κ3) is 3.51. The summed E-state index contributed by atoms with van der Waals surface area (Å²) in [6.07, 6.45) is 6.71. The molecule has 1 fully saturated rings. The second-order valence-corrected chi connectivity index (χ2v) is 6.33. The van der Waals surface area contributed by atoms with E-state index < -0.39 is 0 Å². The van der Waals surface area contributed by atoms with Crippen LogP contribution in [0.2, 0.25) is 0 Å². The second kappa shape index (κ2) is 6.57. The average molecular weight is 278 g/mol. The number of anilines is 1. The van der Waals surface area contributed by atoms with Crippen molar-refractivity contribution in [3.8, 4) is 0 Å². The summed E-state index contributed by atoms with van der Waals surface area (Å²) in [5, 5.41) is 0. The zero-order valence-corrected chi connectivity index (χ0v) is 13.0. The van der Waals surface area contributed by atoms with Crippen molar-refractivity contribution in [2.75, 3.05) is 18.5 Å². The van der Waals surface area contributed by atoms with E-state index in [-0.39, 0.29) is 11.9 Å². The lowest BCUT2D eigenvalue weighted by Crippen LogP contribution is -2.28. The molecule has 2 nitrogen and oxygen atoms in total. The summed E-state index contributed by atoms with van der Waals surface area (Å²) in [6.45, 7) is 4.78. The molecule has 1 unspecified atom stereocenters. The molecule has 1 aliphatic rings. The van der Waals surface area contributed by atoms with Crippen LogP contribution in [0.5, 0.6) is 0 Å². The SMILES string of the molecule is Cc1cc(N(C)CC2CCCCC2)c(C(C)N)cc1F. The van der Waals surface area contributed by atoms with Crippen LogP contribution in [0.25, 0.3) is 0 Å². The summed E-state index contributed by atoms with van der Waals surface area (Å²) in [5.41, 5.74) is 8.70. The second-order valence-electron chi connectivity index (χ2n) is 6.33. The molecule has 1 atom stereocenters. The van der Waals surface area contributed by atoms with E-state index in [1.165, 1.54) is 32.1 Å². The molecule has 112 valence electrons. The minimum absolute atomic E-state index is 0.145. The quantitative estimate of drug-likeness (QED) is 0.895. The number of nitrogens with two attached hydrogens (primary N) is 1. The fourth-order valence-corrected chi connectivity index (χ4v) is 3.23. The first kappa shape index (κ1) is 15.3. The van der Waals surface area contributed by atoms with Gasteiger partial charge in [-0.25, -0.2) is 4.39 Å². The molecule has 0 aliphatic heterocycles. The number of hydrogen-bond acceptors (Lipinski definition) is 2. The van der Waals surface area contributed by atoms with Gasteiger partial charge in [0.2, 0.25) is 0 Å². The number of aryl methyl sites for hydroxylation is 1. The van der Waals surface area contributed by atoms with E-state index in [0.717, 1.165) is 23.7 Å². The summed E-state index contributed by atoms with van der Waals surface area (Å²) < 4.78 is 13.8. The van der Waals surface area contributed by atoms with Crippen LogP contribution >= 0.6 is 0 Å². The van der Waals surface area contributed by atoms with Crippen LogP contribution in [0.15, 0.2) is 12.1 Å². The standard InChI is InChI=1S/C17H27FN2/c1-12-9-17(15(13(2)19)10-16(12)18)20(3)11-14-7-5-4-6-8-14/h9-10,13-14H,4-8,11,19H2,1-3H3. The number of rotatable bonds is 4. The zero-order valence-electron chi connectivity index (χ0n) is 13.0. The first-order valence-corrected chi connectivity index (χ1v) is 7.75. The molecular formula is C17H27FN2. The lowest BCUT2D eigenvalue weighted by molar-refractivity contribution is 0.362. The molecule has 3 heteroatoms. The number of halogens is 1. The van der Waals surface area contributed by atoms with Crippen molar-refractivity contribution in [1.82, 2.24) is 0 Å². The van der Waals surface area contributed by atoms with Crippen molar-refractivity contribution < 1.29 is 4.39 Å². The lowest BCUT2D eigenvalue weighted by atomic mass is 9.88. The predicted molar refractivity (Wildman–Crippen MR) is 83.6 cm³/mol. The smallest absolute Gasteiger partial charge is 0.126 e. The Hall–Kier alpha value is -1.09. The molecular weight excluding hydrogens is 251 g/mol. The Labute approximate surface area is 122 Å². The van der Waals surface area contributed by atoms with Gasteiger partial charge in [-0.2, -0.15) is 0 Å². The minimum atomic E-state index is -0.160. The Morgan fingerprint density at radius 2 is 1.95 bits per heavy atom. The van der Waals surface area contributed by atoms with Crippen LogP contribution in [-0.4, -0.2) is 13.6 Å². The first-order valence-electron chi connectivity index (χ1n) is 7.75. The molecule has 2 N–H and O–H groups in total. The van der Waals surface area contributed by atoms with E-state index in [4.69, 9.17) is 5.73 Å². The summed E-state index contributed by atoms with van der Waals surface area (Å²) in [4.78, 5) is 2.26. The minimum Gasteiger partial charge on any atom is -0.374 e. The van der Waals surface area contributed by atoms with Gasteiger partial charge >= 0.3 is 0 Å². The van der Waals surface area contributed by atoms with Gasteiger partial charge in [0.05, 0.1) is 0 Å². The molecule has 1 saturated carbocycles. The van der Waals surface area contributed by atoms with E-state index in [1.807, 2.05) is 19.9 Å². The zero-order chi connectivity index (χ0) is 14.7. The van der Waals surface area contributed by atoms with Crippen LogP contribution in [0.3, 0.4) is 0 Å². The fraction of sp³-hybridized carbons (Fsp3) is 0.647. The predicted octanol–water partition coefficient (Wildman–Crippen LogP) is 4.17. The van der Waals surface area contributed by atoms with Crippen molar-refractivity contribution in [2.24, 2.45) is 11.7 Å². The maximum absolute atomic E-state index is 13.8. The van der Waals surface area contributed by atoms with E-state index >= 15 is 0 Å². The highest BCUT2D eigenvalue weighted by atomic mass is 19.1. The Balaban J connectivity index is 2.19. The highest BCUT2D eigenvalue weighted by molar-refractivity contribution is 5.56. The summed E-state index contributed by atoms with van der Waals surface area (Å²) in [7, 11) is 2.10. The molecule has 0 bridgehead atoms. The van der Waals surface area contributed by atoms with Crippen LogP contribution in [-0.2, 0) is 0 Å². The van der Waals surface area contributed by atoms with Crippen molar-refractivity contribution in [3.05, 3.63) is 29.1 Å². The monoisotopic (exact) mass is 278 g/mol. The Bertz CT molecular complexity index is 451. The largest absolute Gasteiger partial charge is 0.374 e. The molecule has 0 amide bonds. The van der Waals surface area contributed by atoms with Crippen molar-refractivity contribution in [3.63, 3.8) is 0 Å². The maximum Gasteiger partial charge on any atom is 0.126 e. The van der Waals surface area contributed by atoms with Crippen LogP contribution in [0.1, 0.15) is 56.2 Å². The van der Waals surface area contributed by atoms with E-state index in [2.05, 4.69) is 11.9 Å². The molecule has 0 aromatic heterocycles. The van der Waals surface area contributed by atoms with Crippen molar-refractivity contribution in [2.45, 2.75) is 52.0 Å². The number of benzene rings is 1. The summed E-state index contributed by atoms with van der Waals surface area (Å²) >= 11 is 0. The molecule has 0 saturated heterocycles. The normalized spacial score (nSPS) is 18.1. The molecule has 0 spiro atoms. The molecule has 20 heavy (non-hydrogen) atoms. The highest BCUT2D eigenvalue weighted by Crippen LogP contribution is 2.30. The van der Waals surface area contributed by atoms with Gasteiger partial charge < -0.3 is 10.6 Å². The Morgan fingerprint density at radius 3 is 2.55 bits per heavy atom. The summed E-state index contributed by atoms with van der Waals surface area (Å²) in [6, 6.07) is 3.40. The van der Waals surface area contributed by atoms with Crippen LogP contribution in [0.4, 0.5) is 10.1 Å². The Kier molecular flexibility index (Phi) is 5.03. The number of nitrogens with zero attached hydrogens (tertiary/aromatic N) is 1. The van der Waals surface area contributed by atoms with Gasteiger partial charge in [0.1, 0.15) is 5.82 Å². The Morgan fingerprint density at radius 1 is 1.30 bits per heavy atom. The highest BCUT2D eigenvalue weighted by Gasteiger charge is 2.19. The topological polar surface area (TPSA) is 29.3 Å². The maximum atomic E-state index is 13.8. The first-order chi connectivity index (χ1) is 9.49. The van der Waals surface area contributed by atoms with E-state index in [0.29, 0.717) is 5.56 Å². The molecule has 1 aliphatic carbocycles. The van der Waals surface area contributed by atoms with Gasteiger partial charge in [-0.1, -0.05) is 19.3 Å². The fourth-order valence-electron chi connectivity index (χ4n) is 3.23. The van der Waals surface area contributed by atoms with Gasteiger partial charge in [-0.3, -0.25) is 0 Å². The average Bonchev–Trinajstić information content (AvgIpc) is 2.42. The van der Waals surface area contributed by atoms with Crippen molar-refractivity contribution >= 4 is 5.69 Å². The van der Waals surface area contributed by atoms with Crippen molar-refractivity contribution in [1.29, 1.82) is 0 Å². The third-order valence-electron chi connectivity index (χ3n) is 4.47. The van der Waals surface area contributed by atoms with Crippen LogP contribution < -0.4 is 10.6 Å². The van der Waals surface area contributed by atoms with Crippen LogP contribution in [0, 0.1) is 18.7 Å². The molecule has 0 heterocycles. The molecule has 2 rings (SSSR count). The van der Waals surface area contributed by atoms with Gasteiger partial charge in [-0.15, -0.1) is 0 Å². The van der Waals surface area contributed by atoms with Gasteiger partial charge in [0, 0.05) is 25.3 Å². The molecule has 1 aromatic rings. The van der Waals surface area contributed by atoms with Gasteiger partial charge in [0.25, 0.3) is 0 Å². The van der Waals surface area contributed by atoms with Gasteiger partial charge in [0.15, 0.2) is 0 Å². The summed E-state index contributed by atoms with van der Waals surface area (Å²) in [5.74, 6) is 0.604. The number of hydrogen-bond donors (Lipinski definition) is 1.